The highest BCUT2D eigenvalue weighted by atomic mass is 16.2. The van der Waals surface area contributed by atoms with Gasteiger partial charge in [0, 0.05) is 13.2 Å². The molecule has 0 radical (unpaired) electrons. The van der Waals surface area contributed by atoms with Crippen molar-refractivity contribution in [3.05, 3.63) is 35.4 Å². The Bertz CT molecular complexity index is 354. The van der Waals surface area contributed by atoms with Crippen molar-refractivity contribution in [1.82, 2.24) is 5.32 Å². The average Bonchev–Trinajstić information content (AvgIpc) is 2.38. The topological polar surface area (TPSA) is 32.3 Å². The number of rotatable bonds is 2. The van der Waals surface area contributed by atoms with Gasteiger partial charge in [-0.1, -0.05) is 30.2 Å². The van der Waals surface area contributed by atoms with Gasteiger partial charge in [0.2, 0.25) is 0 Å². The van der Waals surface area contributed by atoms with Crippen LogP contribution in [0.15, 0.2) is 24.3 Å². The molecular weight excluding hydrogens is 198 g/mol. The van der Waals surface area contributed by atoms with E-state index >= 15 is 0 Å². The predicted molar refractivity (Wildman–Crippen MR) is 67.2 cm³/mol. The maximum Gasteiger partial charge on any atom is 0.0576 e. The van der Waals surface area contributed by atoms with Gasteiger partial charge in [0.05, 0.1) is 6.54 Å². The Morgan fingerprint density at radius 1 is 1.38 bits per heavy atom. The van der Waals surface area contributed by atoms with E-state index < -0.39 is 0 Å². The summed E-state index contributed by atoms with van der Waals surface area (Å²) in [6.45, 7) is 0.687. The van der Waals surface area contributed by atoms with Crippen LogP contribution in [0.1, 0.15) is 17.5 Å². The Labute approximate surface area is 97.7 Å². The molecule has 2 nitrogen and oxygen atoms in total. The monoisotopic (exact) mass is 217 g/mol. The van der Waals surface area contributed by atoms with E-state index in [1.807, 2.05) is 0 Å². The molecule has 2 heteroatoms. The Balaban J connectivity index is 0.000000606. The number of aliphatic hydroxyl groups is 1. The summed E-state index contributed by atoms with van der Waals surface area (Å²) < 4.78 is 0. The largest absolute Gasteiger partial charge is 0.400 e. The summed E-state index contributed by atoms with van der Waals surface area (Å²) in [4.78, 5) is 0. The molecule has 1 unspecified atom stereocenters. The van der Waals surface area contributed by atoms with Crippen molar-refractivity contribution < 1.29 is 5.11 Å². The van der Waals surface area contributed by atoms with Gasteiger partial charge >= 0.3 is 0 Å². The first-order valence-corrected chi connectivity index (χ1v) is 5.58. The summed E-state index contributed by atoms with van der Waals surface area (Å²) in [6.07, 6.45) is 8.74. The fourth-order valence-electron chi connectivity index (χ4n) is 2.08. The van der Waals surface area contributed by atoms with Crippen LogP contribution >= 0.6 is 0 Å². The van der Waals surface area contributed by atoms with Gasteiger partial charge in [0.1, 0.15) is 0 Å². The van der Waals surface area contributed by atoms with Crippen molar-refractivity contribution in [2.24, 2.45) is 0 Å². The zero-order valence-corrected chi connectivity index (χ0v) is 9.74. The molecule has 0 heterocycles. The van der Waals surface area contributed by atoms with Crippen molar-refractivity contribution in [1.29, 1.82) is 0 Å². The smallest absolute Gasteiger partial charge is 0.0576 e. The van der Waals surface area contributed by atoms with Gasteiger partial charge in [-0.2, -0.15) is 0 Å². The Kier molecular flexibility index (Phi) is 5.63. The molecule has 1 aliphatic carbocycles. The van der Waals surface area contributed by atoms with Gasteiger partial charge in [-0.3, -0.25) is 0 Å². The highest BCUT2D eigenvalue weighted by molar-refractivity contribution is 5.30. The fourth-order valence-corrected chi connectivity index (χ4v) is 2.08. The molecule has 0 bridgehead atoms. The summed E-state index contributed by atoms with van der Waals surface area (Å²) in [7, 11) is 1.00. The van der Waals surface area contributed by atoms with Crippen molar-refractivity contribution in [2.45, 2.75) is 25.3 Å². The van der Waals surface area contributed by atoms with Gasteiger partial charge in [0.25, 0.3) is 0 Å². The Hall–Kier alpha value is -1.30. The zero-order chi connectivity index (χ0) is 11.8. The first-order valence-electron chi connectivity index (χ1n) is 5.58. The molecule has 1 aromatic carbocycles. The molecule has 16 heavy (non-hydrogen) atoms. The lowest BCUT2D eigenvalue weighted by Gasteiger charge is -2.24. The summed E-state index contributed by atoms with van der Waals surface area (Å²) in [6, 6.07) is 9.25. The normalized spacial score (nSPS) is 17.7. The highest BCUT2D eigenvalue weighted by Crippen LogP contribution is 2.20. The molecule has 1 aliphatic rings. The van der Waals surface area contributed by atoms with E-state index in [2.05, 4.69) is 35.5 Å². The predicted octanol–water partition coefficient (Wildman–Crippen LogP) is 1.38. The minimum absolute atomic E-state index is 0.570. The van der Waals surface area contributed by atoms with E-state index in [1.54, 1.807) is 0 Å². The van der Waals surface area contributed by atoms with E-state index in [4.69, 9.17) is 11.5 Å². The lowest BCUT2D eigenvalue weighted by Crippen LogP contribution is -2.34. The highest BCUT2D eigenvalue weighted by Gasteiger charge is 2.16. The van der Waals surface area contributed by atoms with Crippen LogP contribution in [0.2, 0.25) is 0 Å². The molecule has 2 rings (SSSR count). The van der Waals surface area contributed by atoms with E-state index in [0.717, 1.165) is 13.5 Å². The minimum atomic E-state index is 0.570. The standard InChI is InChI=1S/C13H15N.CH4O/c1-2-9-14-13-8-7-11-5-3-4-6-12(11)10-13;1-2/h1,3-6,13-14H,7-10H2;2H,1H3. The van der Waals surface area contributed by atoms with Gasteiger partial charge in [-0.15, -0.1) is 6.42 Å². The van der Waals surface area contributed by atoms with E-state index in [9.17, 15) is 0 Å². The molecule has 0 aromatic heterocycles. The van der Waals surface area contributed by atoms with Crippen molar-refractivity contribution in [3.63, 3.8) is 0 Å². The Morgan fingerprint density at radius 2 is 2.06 bits per heavy atom. The number of aryl methyl sites for hydroxylation is 1. The SMILES string of the molecule is C#CCNC1CCc2ccccc2C1.CO. The summed E-state index contributed by atoms with van der Waals surface area (Å²) >= 11 is 0. The van der Waals surface area contributed by atoms with Gasteiger partial charge < -0.3 is 10.4 Å². The summed E-state index contributed by atoms with van der Waals surface area (Å²) in [5.74, 6) is 2.63. The molecule has 0 saturated carbocycles. The fraction of sp³-hybridized carbons (Fsp3) is 0.429. The van der Waals surface area contributed by atoms with Crippen LogP contribution in [0.5, 0.6) is 0 Å². The van der Waals surface area contributed by atoms with Crippen molar-refractivity contribution >= 4 is 0 Å². The average molecular weight is 217 g/mol. The number of fused-ring (bicyclic) bond motifs is 1. The van der Waals surface area contributed by atoms with Crippen LogP contribution in [0.3, 0.4) is 0 Å². The van der Waals surface area contributed by atoms with E-state index in [1.165, 1.54) is 24.0 Å². The molecule has 2 N–H and O–H groups in total. The van der Waals surface area contributed by atoms with E-state index in [0.29, 0.717) is 12.6 Å². The van der Waals surface area contributed by atoms with Crippen LogP contribution in [0.25, 0.3) is 0 Å². The van der Waals surface area contributed by atoms with E-state index in [-0.39, 0.29) is 0 Å². The number of nitrogens with one attached hydrogen (secondary N) is 1. The number of benzene rings is 1. The summed E-state index contributed by atoms with van der Waals surface area (Å²) in [5.41, 5.74) is 2.99. The van der Waals surface area contributed by atoms with Crippen LogP contribution in [-0.2, 0) is 12.8 Å². The van der Waals surface area contributed by atoms with Crippen LogP contribution in [0, 0.1) is 12.3 Å². The third-order valence-electron chi connectivity index (χ3n) is 2.84. The molecule has 0 amide bonds. The third-order valence-corrected chi connectivity index (χ3v) is 2.84. The first kappa shape index (κ1) is 12.8. The maximum absolute atomic E-state index is 7.00. The molecule has 0 fully saturated rings. The second-order valence-corrected chi connectivity index (χ2v) is 3.79. The van der Waals surface area contributed by atoms with Crippen LogP contribution < -0.4 is 5.32 Å². The quantitative estimate of drug-likeness (QED) is 0.733. The maximum atomic E-state index is 7.00. The second-order valence-electron chi connectivity index (χ2n) is 3.79. The number of aliphatic hydroxyl groups excluding tert-OH is 1. The van der Waals surface area contributed by atoms with Crippen LogP contribution in [0.4, 0.5) is 0 Å². The molecule has 0 saturated heterocycles. The summed E-state index contributed by atoms with van der Waals surface area (Å²) in [5, 5.41) is 10.4. The van der Waals surface area contributed by atoms with Crippen molar-refractivity contribution in [3.8, 4) is 12.3 Å². The third kappa shape index (κ3) is 3.37. The molecule has 86 valence electrons. The van der Waals surface area contributed by atoms with Crippen LogP contribution in [-0.4, -0.2) is 24.8 Å². The van der Waals surface area contributed by atoms with Gasteiger partial charge in [0.15, 0.2) is 0 Å². The Morgan fingerprint density at radius 3 is 2.75 bits per heavy atom. The number of hydrogen-bond acceptors (Lipinski definition) is 2. The zero-order valence-electron chi connectivity index (χ0n) is 9.74. The molecule has 1 atom stereocenters. The second kappa shape index (κ2) is 7.05. The minimum Gasteiger partial charge on any atom is -0.400 e. The van der Waals surface area contributed by atoms with Gasteiger partial charge in [-0.05, 0) is 30.4 Å². The first-order chi connectivity index (χ1) is 7.90. The lowest BCUT2D eigenvalue weighted by molar-refractivity contribution is 0.399. The number of terminal acetylenes is 1. The van der Waals surface area contributed by atoms with Gasteiger partial charge in [-0.25, -0.2) is 0 Å². The molecule has 0 spiro atoms. The van der Waals surface area contributed by atoms with Crippen molar-refractivity contribution in [2.75, 3.05) is 13.7 Å². The molecule has 0 aliphatic heterocycles. The lowest BCUT2D eigenvalue weighted by atomic mass is 9.88. The molecule has 1 aromatic rings. The number of hydrogen-bond donors (Lipinski definition) is 2. The molecular formula is C14H19NO.